The molecular formula is C18H27NO2. The number of rotatable bonds is 5. The molecule has 116 valence electrons. The third-order valence-corrected chi connectivity index (χ3v) is 4.47. The van der Waals surface area contributed by atoms with Crippen LogP contribution in [0.5, 0.6) is 0 Å². The number of hydrogen-bond donors (Lipinski definition) is 3. The van der Waals surface area contributed by atoms with Crippen molar-refractivity contribution in [3.8, 4) is 0 Å². The molecule has 0 radical (unpaired) electrons. The summed E-state index contributed by atoms with van der Waals surface area (Å²) in [6.45, 7) is 2.40. The molecule has 0 unspecified atom stereocenters. The van der Waals surface area contributed by atoms with Crippen molar-refractivity contribution < 1.29 is 10.2 Å². The summed E-state index contributed by atoms with van der Waals surface area (Å²) in [5.41, 5.74) is 6.85. The fraction of sp³-hybridized carbons (Fsp3) is 0.556. The van der Waals surface area contributed by atoms with Crippen molar-refractivity contribution in [3.05, 3.63) is 41.5 Å². The number of benzene rings is 1. The zero-order valence-corrected chi connectivity index (χ0v) is 12.8. The first-order valence-electron chi connectivity index (χ1n) is 7.94. The molecule has 0 aromatic heterocycles. The summed E-state index contributed by atoms with van der Waals surface area (Å²) in [6, 6.07) is 7.82. The summed E-state index contributed by atoms with van der Waals surface area (Å²) in [4.78, 5) is 0. The van der Waals surface area contributed by atoms with Crippen LogP contribution in [-0.2, 0) is 0 Å². The molecule has 1 fully saturated rings. The molecule has 1 aromatic carbocycles. The average Bonchev–Trinajstić information content (AvgIpc) is 2.52. The number of nitrogens with two attached hydrogens (primary N) is 1. The van der Waals surface area contributed by atoms with Gasteiger partial charge in [-0.2, -0.15) is 0 Å². The molecule has 1 aliphatic carbocycles. The highest BCUT2D eigenvalue weighted by Crippen LogP contribution is 2.30. The lowest BCUT2D eigenvalue weighted by Crippen LogP contribution is -2.28. The molecule has 0 spiro atoms. The molecule has 0 aliphatic heterocycles. The van der Waals surface area contributed by atoms with E-state index in [0.29, 0.717) is 6.54 Å². The standard InChI is InChI=1S/C18H27NO2/c1-14(13-19)17(20)16-7-5-6-15(12-16)8-11-18(21)9-3-2-4-10-18/h5-8,11-12,14,17,20-21H,2-4,9-10,13,19H2,1H3/t14-,17-/m1/s1. The van der Waals surface area contributed by atoms with Gasteiger partial charge in [0.25, 0.3) is 0 Å². The van der Waals surface area contributed by atoms with Crippen LogP contribution in [-0.4, -0.2) is 22.4 Å². The minimum atomic E-state index is -0.655. The van der Waals surface area contributed by atoms with Crippen molar-refractivity contribution in [3.63, 3.8) is 0 Å². The van der Waals surface area contributed by atoms with Crippen molar-refractivity contribution in [2.24, 2.45) is 11.7 Å². The third-order valence-electron chi connectivity index (χ3n) is 4.47. The Morgan fingerprint density at radius 1 is 1.29 bits per heavy atom. The van der Waals surface area contributed by atoms with Crippen LogP contribution in [0.25, 0.3) is 6.08 Å². The van der Waals surface area contributed by atoms with Gasteiger partial charge in [0.1, 0.15) is 0 Å². The molecular weight excluding hydrogens is 262 g/mol. The van der Waals surface area contributed by atoms with Gasteiger partial charge in [0.05, 0.1) is 11.7 Å². The molecule has 1 saturated carbocycles. The van der Waals surface area contributed by atoms with Gasteiger partial charge in [0.15, 0.2) is 0 Å². The Bertz CT molecular complexity index is 478. The first-order chi connectivity index (χ1) is 10.0. The third kappa shape index (κ3) is 4.40. The van der Waals surface area contributed by atoms with E-state index in [9.17, 15) is 10.2 Å². The molecule has 3 nitrogen and oxygen atoms in total. The van der Waals surface area contributed by atoms with Crippen molar-refractivity contribution in [2.75, 3.05) is 6.54 Å². The summed E-state index contributed by atoms with van der Waals surface area (Å²) in [6.07, 6.45) is 8.43. The first-order valence-corrected chi connectivity index (χ1v) is 7.94. The van der Waals surface area contributed by atoms with Gasteiger partial charge in [-0.3, -0.25) is 0 Å². The van der Waals surface area contributed by atoms with E-state index in [0.717, 1.165) is 36.8 Å². The first kappa shape index (κ1) is 16.2. The molecule has 4 N–H and O–H groups in total. The van der Waals surface area contributed by atoms with Crippen molar-refractivity contribution >= 4 is 6.08 Å². The van der Waals surface area contributed by atoms with E-state index in [2.05, 4.69) is 0 Å². The highest BCUT2D eigenvalue weighted by Gasteiger charge is 2.25. The van der Waals surface area contributed by atoms with E-state index in [1.807, 2.05) is 43.3 Å². The summed E-state index contributed by atoms with van der Waals surface area (Å²) < 4.78 is 0. The highest BCUT2D eigenvalue weighted by molar-refractivity contribution is 5.52. The zero-order chi connectivity index (χ0) is 15.3. The molecule has 0 saturated heterocycles. The lowest BCUT2D eigenvalue weighted by atomic mass is 9.84. The normalized spacial score (nSPS) is 21.3. The van der Waals surface area contributed by atoms with Crippen LogP contribution >= 0.6 is 0 Å². The van der Waals surface area contributed by atoms with Gasteiger partial charge < -0.3 is 15.9 Å². The molecule has 1 aliphatic rings. The minimum Gasteiger partial charge on any atom is -0.388 e. The maximum atomic E-state index is 10.5. The van der Waals surface area contributed by atoms with E-state index >= 15 is 0 Å². The van der Waals surface area contributed by atoms with Gasteiger partial charge in [0.2, 0.25) is 0 Å². The second kappa shape index (κ2) is 7.21. The summed E-state index contributed by atoms with van der Waals surface area (Å²) in [7, 11) is 0. The highest BCUT2D eigenvalue weighted by atomic mass is 16.3. The average molecular weight is 289 g/mol. The zero-order valence-electron chi connectivity index (χ0n) is 12.8. The van der Waals surface area contributed by atoms with Crippen LogP contribution in [0.2, 0.25) is 0 Å². The summed E-state index contributed by atoms with van der Waals surface area (Å²) >= 11 is 0. The van der Waals surface area contributed by atoms with Gasteiger partial charge >= 0.3 is 0 Å². The van der Waals surface area contributed by atoms with E-state index in [-0.39, 0.29) is 5.92 Å². The topological polar surface area (TPSA) is 66.5 Å². The second-order valence-electron chi connectivity index (χ2n) is 6.33. The Balaban J connectivity index is 2.10. The molecule has 2 atom stereocenters. The molecule has 3 heteroatoms. The number of aliphatic hydroxyl groups is 2. The van der Waals surface area contributed by atoms with Gasteiger partial charge in [-0.25, -0.2) is 0 Å². The van der Waals surface area contributed by atoms with Gasteiger partial charge in [-0.05, 0) is 42.5 Å². The Morgan fingerprint density at radius 3 is 2.67 bits per heavy atom. The SMILES string of the molecule is C[C@H](CN)[C@@H](O)c1cccc(C=CC2(O)CCCCC2)c1. The van der Waals surface area contributed by atoms with E-state index < -0.39 is 11.7 Å². The second-order valence-corrected chi connectivity index (χ2v) is 6.33. The maximum absolute atomic E-state index is 10.5. The Labute approximate surface area is 127 Å². The predicted molar refractivity (Wildman–Crippen MR) is 86.7 cm³/mol. The fourth-order valence-corrected chi connectivity index (χ4v) is 2.89. The smallest absolute Gasteiger partial charge is 0.0830 e. The van der Waals surface area contributed by atoms with Crippen molar-refractivity contribution in [2.45, 2.75) is 50.7 Å². The van der Waals surface area contributed by atoms with Crippen LogP contribution in [0.4, 0.5) is 0 Å². The Morgan fingerprint density at radius 2 is 2.00 bits per heavy atom. The molecule has 0 bridgehead atoms. The summed E-state index contributed by atoms with van der Waals surface area (Å²) in [5, 5.41) is 20.7. The molecule has 2 rings (SSSR count). The minimum absolute atomic E-state index is 0.0340. The summed E-state index contributed by atoms with van der Waals surface area (Å²) in [5.74, 6) is 0.0340. The molecule has 21 heavy (non-hydrogen) atoms. The fourth-order valence-electron chi connectivity index (χ4n) is 2.89. The van der Waals surface area contributed by atoms with Crippen LogP contribution in [0.3, 0.4) is 0 Å². The van der Waals surface area contributed by atoms with E-state index in [4.69, 9.17) is 5.73 Å². The van der Waals surface area contributed by atoms with Gasteiger partial charge in [-0.1, -0.05) is 56.5 Å². The van der Waals surface area contributed by atoms with Crippen molar-refractivity contribution in [1.82, 2.24) is 0 Å². The van der Waals surface area contributed by atoms with Crippen molar-refractivity contribution in [1.29, 1.82) is 0 Å². The molecule has 0 heterocycles. The Hall–Kier alpha value is -1.16. The molecule has 0 amide bonds. The molecule has 1 aromatic rings. The van der Waals surface area contributed by atoms with Crippen LogP contribution < -0.4 is 5.73 Å². The number of hydrogen-bond acceptors (Lipinski definition) is 3. The van der Waals surface area contributed by atoms with E-state index in [1.165, 1.54) is 6.42 Å². The van der Waals surface area contributed by atoms with Crippen LogP contribution in [0.1, 0.15) is 56.3 Å². The Kier molecular flexibility index (Phi) is 5.57. The lowest BCUT2D eigenvalue weighted by molar-refractivity contribution is 0.0521. The quantitative estimate of drug-likeness (QED) is 0.780. The predicted octanol–water partition coefficient (Wildman–Crippen LogP) is 3.02. The number of aliphatic hydroxyl groups excluding tert-OH is 1. The van der Waals surface area contributed by atoms with Gasteiger partial charge in [0, 0.05) is 0 Å². The van der Waals surface area contributed by atoms with Crippen LogP contribution in [0.15, 0.2) is 30.3 Å². The largest absolute Gasteiger partial charge is 0.388 e. The lowest BCUT2D eigenvalue weighted by Gasteiger charge is -2.28. The van der Waals surface area contributed by atoms with Gasteiger partial charge in [-0.15, -0.1) is 0 Å². The van der Waals surface area contributed by atoms with E-state index in [1.54, 1.807) is 0 Å². The van der Waals surface area contributed by atoms with Crippen LogP contribution in [0, 0.1) is 5.92 Å². The maximum Gasteiger partial charge on any atom is 0.0830 e. The monoisotopic (exact) mass is 289 g/mol.